The molecule has 0 aliphatic carbocycles. The van der Waals surface area contributed by atoms with Crippen LogP contribution in [0.3, 0.4) is 0 Å². The highest BCUT2D eigenvalue weighted by Crippen LogP contribution is 2.37. The second-order valence-electron chi connectivity index (χ2n) is 5.41. The fourth-order valence-electron chi connectivity index (χ4n) is 2.62. The van der Waals surface area contributed by atoms with Gasteiger partial charge in [0, 0.05) is 13.7 Å². The molecule has 0 bridgehead atoms. The van der Waals surface area contributed by atoms with Crippen LogP contribution in [0.5, 0.6) is 0 Å². The van der Waals surface area contributed by atoms with E-state index in [0.717, 1.165) is 16.4 Å². The van der Waals surface area contributed by atoms with Crippen LogP contribution in [-0.4, -0.2) is 49.9 Å². The molecule has 1 aromatic carbocycles. The number of hydrogen-bond donors (Lipinski definition) is 1. The molecule has 2 rings (SSSR count). The molecular weight excluding hydrogens is 335 g/mol. The maximum absolute atomic E-state index is 12.8. The van der Waals surface area contributed by atoms with Crippen molar-refractivity contribution >= 4 is 10.0 Å². The van der Waals surface area contributed by atoms with E-state index in [0.29, 0.717) is 0 Å². The van der Waals surface area contributed by atoms with Crippen molar-refractivity contribution in [3.05, 3.63) is 35.4 Å². The number of β-amino-alcohol motifs (C(OH)–C–C–N with tert-alkyl or cyclic N) is 1. The van der Waals surface area contributed by atoms with Crippen LogP contribution in [0.25, 0.3) is 0 Å². The predicted octanol–water partition coefficient (Wildman–Crippen LogP) is 1.79. The van der Waals surface area contributed by atoms with E-state index in [-0.39, 0.29) is 30.9 Å². The summed E-state index contributed by atoms with van der Waals surface area (Å²) in [5.41, 5.74) is -0.622. The Morgan fingerprint density at radius 2 is 2.09 bits per heavy atom. The maximum atomic E-state index is 12.8. The minimum atomic E-state index is -4.51. The molecule has 1 saturated heterocycles. The molecular formula is C14H18F3NO4S. The van der Waals surface area contributed by atoms with E-state index in [2.05, 4.69) is 0 Å². The van der Waals surface area contributed by atoms with E-state index in [4.69, 9.17) is 4.74 Å². The lowest BCUT2D eigenvalue weighted by atomic mass is 10.0. The van der Waals surface area contributed by atoms with Gasteiger partial charge in [-0.3, -0.25) is 0 Å². The lowest BCUT2D eigenvalue weighted by Gasteiger charge is -2.24. The highest BCUT2D eigenvalue weighted by Gasteiger charge is 2.40. The molecule has 2 unspecified atom stereocenters. The van der Waals surface area contributed by atoms with Crippen LogP contribution in [-0.2, 0) is 20.9 Å². The molecule has 1 aliphatic rings. The monoisotopic (exact) mass is 353 g/mol. The predicted molar refractivity (Wildman–Crippen MR) is 77.2 cm³/mol. The van der Waals surface area contributed by atoms with Crippen molar-refractivity contribution in [2.24, 2.45) is 0 Å². The normalized spacial score (nSPS) is 23.3. The van der Waals surface area contributed by atoms with Crippen molar-refractivity contribution in [3.8, 4) is 0 Å². The van der Waals surface area contributed by atoms with Crippen molar-refractivity contribution in [2.45, 2.75) is 24.7 Å². The van der Waals surface area contributed by atoms with Crippen molar-refractivity contribution in [3.63, 3.8) is 0 Å². The second kappa shape index (κ2) is 6.76. The van der Waals surface area contributed by atoms with Crippen LogP contribution in [0.15, 0.2) is 24.3 Å². The quantitative estimate of drug-likeness (QED) is 0.876. The van der Waals surface area contributed by atoms with Crippen LogP contribution < -0.4 is 0 Å². The third-order valence-electron chi connectivity index (χ3n) is 3.74. The first-order chi connectivity index (χ1) is 10.6. The van der Waals surface area contributed by atoms with Crippen molar-refractivity contribution in [1.29, 1.82) is 0 Å². The van der Waals surface area contributed by atoms with E-state index < -0.39 is 33.9 Å². The van der Waals surface area contributed by atoms with Crippen LogP contribution in [0.1, 0.15) is 23.6 Å². The number of aliphatic hydroxyl groups is 1. The lowest BCUT2D eigenvalue weighted by Crippen LogP contribution is -2.35. The van der Waals surface area contributed by atoms with Gasteiger partial charge in [0.2, 0.25) is 10.0 Å². The Morgan fingerprint density at radius 1 is 1.39 bits per heavy atom. The number of alkyl halides is 3. The van der Waals surface area contributed by atoms with Gasteiger partial charge >= 0.3 is 6.18 Å². The summed E-state index contributed by atoms with van der Waals surface area (Å²) < 4.78 is 68.9. The number of ether oxygens (including phenoxy) is 1. The van der Waals surface area contributed by atoms with Gasteiger partial charge in [0.05, 0.1) is 30.1 Å². The molecule has 0 spiro atoms. The Morgan fingerprint density at radius 3 is 2.70 bits per heavy atom. The summed E-state index contributed by atoms with van der Waals surface area (Å²) in [5.74, 6) is -0.286. The number of aliphatic hydroxyl groups excluding tert-OH is 1. The zero-order valence-electron chi connectivity index (χ0n) is 12.5. The summed E-state index contributed by atoms with van der Waals surface area (Å²) in [5, 5.41) is 9.79. The summed E-state index contributed by atoms with van der Waals surface area (Å²) >= 11 is 0. The molecule has 5 nitrogen and oxygen atoms in total. The third-order valence-corrected chi connectivity index (χ3v) is 5.54. The molecule has 9 heteroatoms. The summed E-state index contributed by atoms with van der Waals surface area (Å²) in [6, 6.07) is 3.73. The number of hydrogen-bond acceptors (Lipinski definition) is 4. The number of methoxy groups -OCH3 is 1. The summed E-state index contributed by atoms with van der Waals surface area (Å²) in [6.45, 7) is -0.156. The summed E-state index contributed by atoms with van der Waals surface area (Å²) in [4.78, 5) is 0. The highest BCUT2D eigenvalue weighted by molar-refractivity contribution is 7.89. The SMILES string of the molecule is COCCS(=O)(=O)N1CC(O)CC1c1cccc(C(F)(F)F)c1. The summed E-state index contributed by atoms with van der Waals surface area (Å²) in [7, 11) is -2.37. The molecule has 1 fully saturated rings. The van der Waals surface area contributed by atoms with Crippen molar-refractivity contribution in [1.82, 2.24) is 4.31 Å². The van der Waals surface area contributed by atoms with E-state index in [1.807, 2.05) is 0 Å². The standard InChI is InChI=1S/C14H18F3NO4S/c1-22-5-6-23(20,21)18-9-12(19)8-13(18)10-3-2-4-11(7-10)14(15,16)17/h2-4,7,12-13,19H,5-6,8-9H2,1H3. The van der Waals surface area contributed by atoms with Gasteiger partial charge in [-0.1, -0.05) is 12.1 Å². The smallest absolute Gasteiger partial charge is 0.392 e. The fourth-order valence-corrected chi connectivity index (χ4v) is 4.23. The minimum Gasteiger partial charge on any atom is -0.392 e. The second-order valence-corrected chi connectivity index (χ2v) is 7.45. The van der Waals surface area contributed by atoms with Crippen molar-refractivity contribution < 1.29 is 31.4 Å². The Labute approximate surface area is 132 Å². The first-order valence-corrected chi connectivity index (χ1v) is 8.60. The molecule has 130 valence electrons. The van der Waals surface area contributed by atoms with Gasteiger partial charge in [0.15, 0.2) is 0 Å². The number of benzene rings is 1. The van der Waals surface area contributed by atoms with Gasteiger partial charge < -0.3 is 9.84 Å². The topological polar surface area (TPSA) is 66.8 Å². The van der Waals surface area contributed by atoms with Crippen molar-refractivity contribution in [2.75, 3.05) is 26.0 Å². The molecule has 1 N–H and O–H groups in total. The first-order valence-electron chi connectivity index (χ1n) is 6.99. The molecule has 23 heavy (non-hydrogen) atoms. The van der Waals surface area contributed by atoms with Gasteiger partial charge in [0.1, 0.15) is 0 Å². The number of halogens is 3. The Hall–Kier alpha value is -1.16. The number of nitrogens with zero attached hydrogens (tertiary/aromatic N) is 1. The molecule has 0 radical (unpaired) electrons. The summed E-state index contributed by atoms with van der Waals surface area (Å²) in [6.07, 6.45) is -5.35. The highest BCUT2D eigenvalue weighted by atomic mass is 32.2. The zero-order valence-corrected chi connectivity index (χ0v) is 13.3. The van der Waals surface area contributed by atoms with E-state index >= 15 is 0 Å². The molecule has 1 aromatic rings. The van der Waals surface area contributed by atoms with Gasteiger partial charge in [-0.25, -0.2) is 8.42 Å². The Kier molecular flexibility index (Phi) is 5.34. The first kappa shape index (κ1) is 18.2. The average Bonchev–Trinajstić information content (AvgIpc) is 2.87. The average molecular weight is 353 g/mol. The van der Waals surface area contributed by atoms with Crippen LogP contribution in [0, 0.1) is 0 Å². The Balaban J connectivity index is 2.33. The number of sulfonamides is 1. The van der Waals surface area contributed by atoms with Crippen LogP contribution >= 0.6 is 0 Å². The Bertz CT molecular complexity index is 648. The van der Waals surface area contributed by atoms with Gasteiger partial charge in [-0.05, 0) is 24.1 Å². The van der Waals surface area contributed by atoms with Gasteiger partial charge in [0.25, 0.3) is 0 Å². The lowest BCUT2D eigenvalue weighted by molar-refractivity contribution is -0.137. The van der Waals surface area contributed by atoms with E-state index in [9.17, 15) is 26.7 Å². The molecule has 0 amide bonds. The maximum Gasteiger partial charge on any atom is 0.416 e. The van der Waals surface area contributed by atoms with Gasteiger partial charge in [-0.2, -0.15) is 17.5 Å². The zero-order chi connectivity index (χ0) is 17.3. The van der Waals surface area contributed by atoms with Crippen LogP contribution in [0.4, 0.5) is 13.2 Å². The van der Waals surface area contributed by atoms with Gasteiger partial charge in [-0.15, -0.1) is 0 Å². The molecule has 0 saturated carbocycles. The molecule has 0 aromatic heterocycles. The number of rotatable bonds is 5. The van der Waals surface area contributed by atoms with E-state index in [1.165, 1.54) is 19.2 Å². The third kappa shape index (κ3) is 4.23. The van der Waals surface area contributed by atoms with Crippen LogP contribution in [0.2, 0.25) is 0 Å². The molecule has 1 aliphatic heterocycles. The molecule has 1 heterocycles. The molecule has 2 atom stereocenters. The minimum absolute atomic E-state index is 0.0236. The van der Waals surface area contributed by atoms with E-state index in [1.54, 1.807) is 0 Å². The largest absolute Gasteiger partial charge is 0.416 e. The fraction of sp³-hybridized carbons (Fsp3) is 0.571.